The summed E-state index contributed by atoms with van der Waals surface area (Å²) in [5.41, 5.74) is 0.727. The van der Waals surface area contributed by atoms with E-state index >= 15 is 0 Å². The minimum atomic E-state index is 0.0487. The van der Waals surface area contributed by atoms with Gasteiger partial charge in [0.15, 0.2) is 0 Å². The van der Waals surface area contributed by atoms with Gasteiger partial charge < -0.3 is 4.90 Å². The molecule has 0 saturated heterocycles. The normalized spacial score (nSPS) is 10.7. The van der Waals surface area contributed by atoms with Crippen LogP contribution < -0.4 is 0 Å². The van der Waals surface area contributed by atoms with Crippen molar-refractivity contribution in [3.05, 3.63) is 20.8 Å². The molecule has 1 amide bonds. The van der Waals surface area contributed by atoms with Crippen LogP contribution in [0.25, 0.3) is 0 Å². The number of thiophene rings is 1. The van der Waals surface area contributed by atoms with Crippen LogP contribution in [0.3, 0.4) is 0 Å². The first kappa shape index (κ1) is 13.0. The lowest BCUT2D eigenvalue weighted by Crippen LogP contribution is -2.38. The second kappa shape index (κ2) is 5.87. The first-order chi connectivity index (χ1) is 7.06. The molecular formula is C10H13BrClNOS. The van der Waals surface area contributed by atoms with Crippen molar-refractivity contribution in [1.82, 2.24) is 4.90 Å². The fraction of sp³-hybridized carbons (Fsp3) is 0.500. The Morgan fingerprint density at radius 2 is 2.33 bits per heavy atom. The van der Waals surface area contributed by atoms with Gasteiger partial charge in [-0.25, -0.2) is 0 Å². The van der Waals surface area contributed by atoms with Crippen molar-refractivity contribution >= 4 is 44.8 Å². The first-order valence-corrected chi connectivity index (χ1v) is 6.88. The molecule has 0 bridgehead atoms. The summed E-state index contributed by atoms with van der Waals surface area (Å²) < 4.78 is 0.973. The van der Waals surface area contributed by atoms with Crippen LogP contribution in [0.2, 0.25) is 0 Å². The van der Waals surface area contributed by atoms with Gasteiger partial charge in [-0.1, -0.05) is 0 Å². The number of hydrogen-bond acceptors (Lipinski definition) is 2. The third-order valence-electron chi connectivity index (χ3n) is 2.02. The number of nitrogens with zero attached hydrogens (tertiary/aromatic N) is 1. The molecule has 15 heavy (non-hydrogen) atoms. The molecule has 0 aromatic carbocycles. The lowest BCUT2D eigenvalue weighted by molar-refractivity contribution is 0.0719. The van der Waals surface area contributed by atoms with Crippen LogP contribution in [0.5, 0.6) is 0 Å². The number of rotatable bonds is 4. The Morgan fingerprint density at radius 3 is 2.73 bits per heavy atom. The van der Waals surface area contributed by atoms with Crippen LogP contribution in [-0.4, -0.2) is 29.3 Å². The molecule has 1 aromatic heterocycles. The van der Waals surface area contributed by atoms with E-state index in [1.807, 2.05) is 25.3 Å². The molecule has 0 fully saturated rings. The maximum atomic E-state index is 12.0. The standard InChI is InChI=1S/C10H13BrClNOS/c1-7(2)13(4-3-12)10(14)8-5-9(11)15-6-8/h5-7H,3-4H2,1-2H3. The quantitative estimate of drug-likeness (QED) is 0.778. The molecule has 0 unspecified atom stereocenters. The van der Waals surface area contributed by atoms with Gasteiger partial charge in [-0.05, 0) is 35.8 Å². The van der Waals surface area contributed by atoms with Crippen LogP contribution in [0.1, 0.15) is 24.2 Å². The van der Waals surface area contributed by atoms with Gasteiger partial charge in [0.2, 0.25) is 0 Å². The van der Waals surface area contributed by atoms with Gasteiger partial charge in [0.05, 0.1) is 9.35 Å². The summed E-state index contributed by atoms with van der Waals surface area (Å²) in [6.07, 6.45) is 0. The second-order valence-electron chi connectivity index (χ2n) is 3.42. The molecule has 1 aromatic rings. The van der Waals surface area contributed by atoms with E-state index in [2.05, 4.69) is 15.9 Å². The SMILES string of the molecule is CC(C)N(CCCl)C(=O)c1csc(Br)c1. The highest BCUT2D eigenvalue weighted by Gasteiger charge is 2.18. The number of hydrogen-bond donors (Lipinski definition) is 0. The third kappa shape index (κ3) is 3.47. The maximum Gasteiger partial charge on any atom is 0.255 e. The number of amides is 1. The zero-order valence-electron chi connectivity index (χ0n) is 8.67. The maximum absolute atomic E-state index is 12.0. The molecule has 5 heteroatoms. The van der Waals surface area contributed by atoms with Crippen LogP contribution in [0.15, 0.2) is 15.2 Å². The Balaban J connectivity index is 2.80. The van der Waals surface area contributed by atoms with Crippen LogP contribution in [0.4, 0.5) is 0 Å². The molecule has 0 aliphatic heterocycles. The summed E-state index contributed by atoms with van der Waals surface area (Å²) in [4.78, 5) is 13.8. The number of carbonyl (C=O) groups is 1. The second-order valence-corrected chi connectivity index (χ2v) is 6.09. The Morgan fingerprint density at radius 1 is 1.67 bits per heavy atom. The first-order valence-electron chi connectivity index (χ1n) is 4.67. The Bertz CT molecular complexity index is 340. The molecular weight excluding hydrogens is 298 g/mol. The zero-order valence-corrected chi connectivity index (χ0v) is 11.8. The van der Waals surface area contributed by atoms with E-state index in [0.29, 0.717) is 12.4 Å². The fourth-order valence-corrected chi connectivity index (χ4v) is 2.59. The molecule has 1 heterocycles. The highest BCUT2D eigenvalue weighted by molar-refractivity contribution is 9.11. The summed E-state index contributed by atoms with van der Waals surface area (Å²) in [7, 11) is 0. The average Bonchev–Trinajstić information content (AvgIpc) is 2.59. The van der Waals surface area contributed by atoms with Crippen LogP contribution in [0, 0.1) is 0 Å². The predicted octanol–water partition coefficient (Wildman–Crippen LogP) is 3.60. The molecule has 0 aliphatic carbocycles. The van der Waals surface area contributed by atoms with E-state index in [-0.39, 0.29) is 11.9 Å². The van der Waals surface area contributed by atoms with Crippen molar-refractivity contribution in [2.24, 2.45) is 0 Å². The number of carbonyl (C=O) groups excluding carboxylic acids is 1. The van der Waals surface area contributed by atoms with Crippen molar-refractivity contribution in [3.63, 3.8) is 0 Å². The fourth-order valence-electron chi connectivity index (χ4n) is 1.27. The summed E-state index contributed by atoms with van der Waals surface area (Å²) in [5, 5.41) is 1.86. The third-order valence-corrected chi connectivity index (χ3v) is 3.70. The summed E-state index contributed by atoms with van der Waals surface area (Å²) in [6, 6.07) is 2.02. The predicted molar refractivity (Wildman–Crippen MR) is 68.9 cm³/mol. The summed E-state index contributed by atoms with van der Waals surface area (Å²) in [6.45, 7) is 4.57. The molecule has 0 saturated carbocycles. The summed E-state index contributed by atoms with van der Waals surface area (Å²) >= 11 is 10.5. The molecule has 84 valence electrons. The van der Waals surface area contributed by atoms with Gasteiger partial charge in [0, 0.05) is 23.8 Å². The van der Waals surface area contributed by atoms with Gasteiger partial charge in [-0.2, -0.15) is 0 Å². The Labute approximate surface area is 107 Å². The Hall–Kier alpha value is -0.0600. The molecule has 1 rings (SSSR count). The molecule has 0 aliphatic rings. The smallest absolute Gasteiger partial charge is 0.255 e. The monoisotopic (exact) mass is 309 g/mol. The van der Waals surface area contributed by atoms with Gasteiger partial charge in [-0.15, -0.1) is 22.9 Å². The van der Waals surface area contributed by atoms with Crippen molar-refractivity contribution in [2.75, 3.05) is 12.4 Å². The van der Waals surface area contributed by atoms with E-state index in [0.717, 1.165) is 9.35 Å². The van der Waals surface area contributed by atoms with Gasteiger partial charge >= 0.3 is 0 Å². The minimum Gasteiger partial charge on any atom is -0.335 e. The van der Waals surface area contributed by atoms with Crippen LogP contribution >= 0.6 is 38.9 Å². The van der Waals surface area contributed by atoms with Crippen molar-refractivity contribution in [3.8, 4) is 0 Å². The molecule has 2 nitrogen and oxygen atoms in total. The molecule has 0 N–H and O–H groups in total. The average molecular weight is 311 g/mol. The van der Waals surface area contributed by atoms with Gasteiger partial charge in [0.1, 0.15) is 0 Å². The zero-order chi connectivity index (χ0) is 11.4. The number of alkyl halides is 1. The van der Waals surface area contributed by atoms with E-state index in [1.54, 1.807) is 4.90 Å². The molecule has 0 spiro atoms. The van der Waals surface area contributed by atoms with E-state index in [9.17, 15) is 4.79 Å². The van der Waals surface area contributed by atoms with Crippen LogP contribution in [-0.2, 0) is 0 Å². The van der Waals surface area contributed by atoms with Gasteiger partial charge in [-0.3, -0.25) is 4.79 Å². The van der Waals surface area contributed by atoms with E-state index in [4.69, 9.17) is 11.6 Å². The Kier molecular flexibility index (Phi) is 5.09. The van der Waals surface area contributed by atoms with Crippen molar-refractivity contribution in [1.29, 1.82) is 0 Å². The summed E-state index contributed by atoms with van der Waals surface area (Å²) in [5.74, 6) is 0.516. The topological polar surface area (TPSA) is 20.3 Å². The van der Waals surface area contributed by atoms with Gasteiger partial charge in [0.25, 0.3) is 5.91 Å². The molecule has 0 atom stereocenters. The lowest BCUT2D eigenvalue weighted by Gasteiger charge is -2.25. The van der Waals surface area contributed by atoms with Crippen molar-refractivity contribution < 1.29 is 4.79 Å². The largest absolute Gasteiger partial charge is 0.335 e. The van der Waals surface area contributed by atoms with E-state index in [1.165, 1.54) is 11.3 Å². The minimum absolute atomic E-state index is 0.0487. The molecule has 0 radical (unpaired) electrons. The highest BCUT2D eigenvalue weighted by Crippen LogP contribution is 2.22. The highest BCUT2D eigenvalue weighted by atomic mass is 79.9. The van der Waals surface area contributed by atoms with Crippen molar-refractivity contribution in [2.45, 2.75) is 19.9 Å². The van der Waals surface area contributed by atoms with E-state index < -0.39 is 0 Å². The lowest BCUT2D eigenvalue weighted by atomic mass is 10.2. The number of halogens is 2.